The molecule has 1 aromatic heterocycles. The molecular weight excluding hydrogens is 256 g/mol. The summed E-state index contributed by atoms with van der Waals surface area (Å²) in [5, 5.41) is 2.99. The Morgan fingerprint density at radius 1 is 1.60 bits per heavy atom. The zero-order valence-electron chi connectivity index (χ0n) is 8.75. The molecule has 0 aliphatic heterocycles. The van der Waals surface area contributed by atoms with Crippen LogP contribution in [-0.2, 0) is 0 Å². The normalized spacial score (nSPS) is 22.2. The van der Waals surface area contributed by atoms with Crippen LogP contribution in [0.15, 0.2) is 22.9 Å². The highest BCUT2D eigenvalue weighted by molar-refractivity contribution is 9.10. The molecule has 0 spiro atoms. The van der Waals surface area contributed by atoms with Gasteiger partial charge in [-0.1, -0.05) is 13.8 Å². The Morgan fingerprint density at radius 3 is 2.73 bits per heavy atom. The maximum absolute atomic E-state index is 11.7. The molecule has 0 bridgehead atoms. The lowest BCUT2D eigenvalue weighted by atomic mass is 10.2. The molecule has 3 nitrogen and oxygen atoms in total. The third kappa shape index (κ3) is 2.37. The first kappa shape index (κ1) is 10.6. The fourth-order valence-electron chi connectivity index (χ4n) is 1.47. The zero-order chi connectivity index (χ0) is 11.1. The standard InChI is InChI=1S/C11H13BrN2O/c1-11(2)5-8(11)14-10(15)7-3-4-9(12)13-6-7/h3-4,6,8H,5H2,1-2H3,(H,14,15). The minimum Gasteiger partial charge on any atom is -0.349 e. The van der Waals surface area contributed by atoms with Gasteiger partial charge >= 0.3 is 0 Å². The number of rotatable bonds is 2. The van der Waals surface area contributed by atoms with Crippen LogP contribution in [0.4, 0.5) is 0 Å². The Balaban J connectivity index is 2.00. The van der Waals surface area contributed by atoms with Crippen LogP contribution >= 0.6 is 15.9 Å². The largest absolute Gasteiger partial charge is 0.349 e. The van der Waals surface area contributed by atoms with Crippen molar-refractivity contribution < 1.29 is 4.79 Å². The molecule has 1 heterocycles. The summed E-state index contributed by atoms with van der Waals surface area (Å²) in [7, 11) is 0. The lowest BCUT2D eigenvalue weighted by molar-refractivity contribution is 0.0946. The van der Waals surface area contributed by atoms with Crippen molar-refractivity contribution in [2.75, 3.05) is 0 Å². The lowest BCUT2D eigenvalue weighted by Crippen LogP contribution is -2.28. The number of carbonyl (C=O) groups excluding carboxylic acids is 1. The number of aromatic nitrogens is 1. The summed E-state index contributed by atoms with van der Waals surface area (Å²) in [5.41, 5.74) is 0.874. The first-order valence-corrected chi connectivity index (χ1v) is 5.71. The second kappa shape index (κ2) is 3.59. The average molecular weight is 269 g/mol. The van der Waals surface area contributed by atoms with Gasteiger partial charge in [-0.3, -0.25) is 4.79 Å². The van der Waals surface area contributed by atoms with E-state index < -0.39 is 0 Å². The molecule has 2 rings (SSSR count). The van der Waals surface area contributed by atoms with E-state index in [2.05, 4.69) is 40.1 Å². The van der Waals surface area contributed by atoms with E-state index in [-0.39, 0.29) is 11.3 Å². The predicted molar refractivity (Wildman–Crippen MR) is 61.6 cm³/mol. The molecule has 15 heavy (non-hydrogen) atoms. The molecular formula is C11H13BrN2O. The van der Waals surface area contributed by atoms with Gasteiger partial charge in [-0.05, 0) is 39.9 Å². The summed E-state index contributed by atoms with van der Waals surface area (Å²) >= 11 is 3.23. The van der Waals surface area contributed by atoms with Gasteiger partial charge in [0.15, 0.2) is 0 Å². The van der Waals surface area contributed by atoms with Crippen molar-refractivity contribution >= 4 is 21.8 Å². The molecule has 1 aliphatic carbocycles. The first-order valence-electron chi connectivity index (χ1n) is 4.91. The zero-order valence-corrected chi connectivity index (χ0v) is 10.3. The van der Waals surface area contributed by atoms with Crippen molar-refractivity contribution in [3.63, 3.8) is 0 Å². The number of carbonyl (C=O) groups is 1. The highest BCUT2D eigenvalue weighted by atomic mass is 79.9. The van der Waals surface area contributed by atoms with Gasteiger partial charge in [-0.15, -0.1) is 0 Å². The van der Waals surface area contributed by atoms with Crippen molar-refractivity contribution in [1.29, 1.82) is 0 Å². The second-order valence-electron chi connectivity index (χ2n) is 4.59. The monoisotopic (exact) mass is 268 g/mol. The van der Waals surface area contributed by atoms with E-state index in [4.69, 9.17) is 0 Å². The van der Waals surface area contributed by atoms with E-state index in [0.717, 1.165) is 11.0 Å². The number of nitrogens with one attached hydrogen (secondary N) is 1. The van der Waals surface area contributed by atoms with E-state index in [9.17, 15) is 4.79 Å². The van der Waals surface area contributed by atoms with Crippen LogP contribution in [-0.4, -0.2) is 16.9 Å². The Morgan fingerprint density at radius 2 is 2.27 bits per heavy atom. The number of pyridine rings is 1. The third-order valence-electron chi connectivity index (χ3n) is 2.81. The van der Waals surface area contributed by atoms with Crippen molar-refractivity contribution in [3.05, 3.63) is 28.5 Å². The Hall–Kier alpha value is -0.900. The fraction of sp³-hybridized carbons (Fsp3) is 0.455. The Kier molecular flexibility index (Phi) is 2.54. The number of nitrogens with zero attached hydrogens (tertiary/aromatic N) is 1. The van der Waals surface area contributed by atoms with Gasteiger partial charge < -0.3 is 5.32 Å². The minimum atomic E-state index is -0.0365. The van der Waals surface area contributed by atoms with Crippen LogP contribution < -0.4 is 5.32 Å². The van der Waals surface area contributed by atoms with Gasteiger partial charge in [-0.2, -0.15) is 0 Å². The summed E-state index contributed by atoms with van der Waals surface area (Å²) in [5.74, 6) is -0.0365. The maximum atomic E-state index is 11.7. The van der Waals surface area contributed by atoms with Crippen LogP contribution in [0.5, 0.6) is 0 Å². The maximum Gasteiger partial charge on any atom is 0.253 e. The molecule has 80 valence electrons. The smallest absolute Gasteiger partial charge is 0.253 e. The van der Waals surface area contributed by atoms with Crippen LogP contribution in [0.1, 0.15) is 30.6 Å². The quantitative estimate of drug-likeness (QED) is 0.837. The summed E-state index contributed by atoms with van der Waals surface area (Å²) in [6.07, 6.45) is 2.64. The summed E-state index contributed by atoms with van der Waals surface area (Å²) in [6.45, 7) is 4.30. The van der Waals surface area contributed by atoms with Crippen LogP contribution in [0.2, 0.25) is 0 Å². The van der Waals surface area contributed by atoms with E-state index >= 15 is 0 Å². The van der Waals surface area contributed by atoms with Crippen LogP contribution in [0.25, 0.3) is 0 Å². The summed E-state index contributed by atoms with van der Waals surface area (Å²) < 4.78 is 0.741. The van der Waals surface area contributed by atoms with Crippen molar-refractivity contribution in [2.24, 2.45) is 5.41 Å². The van der Waals surface area contributed by atoms with Crippen molar-refractivity contribution in [1.82, 2.24) is 10.3 Å². The highest BCUT2D eigenvalue weighted by Gasteiger charge is 2.46. The number of hydrogen-bond donors (Lipinski definition) is 1. The number of amides is 1. The Labute approximate surface area is 97.4 Å². The molecule has 1 N–H and O–H groups in total. The molecule has 1 amide bonds. The van der Waals surface area contributed by atoms with Gasteiger partial charge in [0.05, 0.1) is 5.56 Å². The number of halogens is 1. The van der Waals surface area contributed by atoms with Crippen LogP contribution in [0, 0.1) is 5.41 Å². The predicted octanol–water partition coefficient (Wildman–Crippen LogP) is 2.37. The van der Waals surface area contributed by atoms with Gasteiger partial charge in [0.2, 0.25) is 0 Å². The van der Waals surface area contributed by atoms with E-state index in [1.165, 1.54) is 0 Å². The second-order valence-corrected chi connectivity index (χ2v) is 5.40. The lowest BCUT2D eigenvalue weighted by Gasteiger charge is -2.06. The van der Waals surface area contributed by atoms with Crippen molar-refractivity contribution in [2.45, 2.75) is 26.3 Å². The molecule has 1 aliphatic rings. The Bertz CT molecular complexity index is 386. The van der Waals surface area contributed by atoms with E-state index in [0.29, 0.717) is 11.6 Å². The fourth-order valence-corrected chi connectivity index (χ4v) is 1.70. The summed E-state index contributed by atoms with van der Waals surface area (Å²) in [4.78, 5) is 15.7. The molecule has 0 saturated heterocycles. The minimum absolute atomic E-state index is 0.0365. The molecule has 1 fully saturated rings. The SMILES string of the molecule is CC1(C)CC1NC(=O)c1ccc(Br)nc1. The molecule has 1 aromatic rings. The van der Waals surface area contributed by atoms with Gasteiger partial charge in [-0.25, -0.2) is 4.98 Å². The number of hydrogen-bond acceptors (Lipinski definition) is 2. The molecule has 4 heteroatoms. The molecule has 0 aromatic carbocycles. The highest BCUT2D eigenvalue weighted by Crippen LogP contribution is 2.44. The molecule has 1 saturated carbocycles. The molecule has 1 unspecified atom stereocenters. The first-order chi connectivity index (χ1) is 6.99. The van der Waals surface area contributed by atoms with Gasteiger partial charge in [0.25, 0.3) is 5.91 Å². The molecule has 1 atom stereocenters. The van der Waals surface area contributed by atoms with Gasteiger partial charge in [0.1, 0.15) is 4.60 Å². The topological polar surface area (TPSA) is 42.0 Å². The van der Waals surface area contributed by atoms with E-state index in [1.54, 1.807) is 18.3 Å². The van der Waals surface area contributed by atoms with Gasteiger partial charge in [0, 0.05) is 12.2 Å². The van der Waals surface area contributed by atoms with E-state index in [1.807, 2.05) is 0 Å². The summed E-state index contributed by atoms with van der Waals surface area (Å²) in [6, 6.07) is 3.85. The van der Waals surface area contributed by atoms with Crippen LogP contribution in [0.3, 0.4) is 0 Å². The third-order valence-corrected chi connectivity index (χ3v) is 3.28. The molecule has 0 radical (unpaired) electrons. The van der Waals surface area contributed by atoms with Crippen molar-refractivity contribution in [3.8, 4) is 0 Å². The average Bonchev–Trinajstić information content (AvgIpc) is 2.74.